The number of amides is 1. The van der Waals surface area contributed by atoms with E-state index in [0.29, 0.717) is 41.8 Å². The van der Waals surface area contributed by atoms with Crippen molar-refractivity contribution in [2.45, 2.75) is 46.5 Å². The molecule has 0 radical (unpaired) electrons. The van der Waals surface area contributed by atoms with Gasteiger partial charge in [-0.05, 0) is 45.5 Å². The van der Waals surface area contributed by atoms with Gasteiger partial charge in [-0.25, -0.2) is 4.68 Å². The molecule has 164 valence electrons. The number of rotatable bonds is 6. The maximum atomic E-state index is 13.2. The predicted octanol–water partition coefficient (Wildman–Crippen LogP) is 3.94. The number of aromatic nitrogens is 2. The van der Waals surface area contributed by atoms with Gasteiger partial charge in [-0.3, -0.25) is 9.69 Å². The largest absolute Gasteiger partial charge is 0.573 e. The predicted molar refractivity (Wildman–Crippen MR) is 107 cm³/mol. The Kier molecular flexibility index (Phi) is 6.40. The van der Waals surface area contributed by atoms with Crippen molar-refractivity contribution in [1.29, 1.82) is 0 Å². The molecule has 2 heterocycles. The first-order chi connectivity index (χ1) is 14.1. The molecule has 0 N–H and O–H groups in total. The molecule has 1 aliphatic heterocycles. The summed E-state index contributed by atoms with van der Waals surface area (Å²) in [5.41, 5.74) is 2.04. The number of carbonyl (C=O) groups is 1. The quantitative estimate of drug-likeness (QED) is 0.705. The van der Waals surface area contributed by atoms with Crippen molar-refractivity contribution in [2.75, 3.05) is 26.2 Å². The number of benzene rings is 1. The minimum Gasteiger partial charge on any atom is -0.406 e. The van der Waals surface area contributed by atoms with Crippen molar-refractivity contribution in [3.8, 4) is 11.4 Å². The molecule has 1 fully saturated rings. The van der Waals surface area contributed by atoms with Crippen LogP contribution in [0.2, 0.25) is 0 Å². The summed E-state index contributed by atoms with van der Waals surface area (Å²) in [6.07, 6.45) is -3.84. The maximum absolute atomic E-state index is 13.2. The molecule has 1 saturated heterocycles. The van der Waals surface area contributed by atoms with Crippen molar-refractivity contribution < 1.29 is 22.7 Å². The lowest BCUT2D eigenvalue weighted by Crippen LogP contribution is -2.38. The lowest BCUT2D eigenvalue weighted by atomic mass is 10.1. The molecule has 1 amide bonds. The molecule has 1 atom stereocenters. The number of nitrogens with zero attached hydrogens (tertiary/aromatic N) is 4. The van der Waals surface area contributed by atoms with E-state index in [1.807, 2.05) is 4.90 Å². The number of hydrogen-bond acceptors (Lipinski definition) is 4. The van der Waals surface area contributed by atoms with Crippen LogP contribution in [0.1, 0.15) is 42.0 Å². The molecular weight excluding hydrogens is 397 g/mol. The number of likely N-dealkylation sites (N-methyl/N-ethyl adjacent to an activating group) is 1. The molecule has 0 bridgehead atoms. The van der Waals surface area contributed by atoms with Crippen LogP contribution in [0.15, 0.2) is 24.3 Å². The van der Waals surface area contributed by atoms with Gasteiger partial charge in [0.25, 0.3) is 5.91 Å². The molecule has 0 spiro atoms. The molecule has 9 heteroatoms. The molecule has 1 unspecified atom stereocenters. The molecular formula is C21H27F3N4O2. The summed E-state index contributed by atoms with van der Waals surface area (Å²) in [6, 6.07) is 5.92. The van der Waals surface area contributed by atoms with E-state index in [1.54, 1.807) is 19.9 Å². The third-order valence-electron chi connectivity index (χ3n) is 5.58. The molecule has 1 aromatic heterocycles. The van der Waals surface area contributed by atoms with Gasteiger partial charge in [-0.1, -0.05) is 19.9 Å². The van der Waals surface area contributed by atoms with Crippen LogP contribution in [0, 0.1) is 13.8 Å². The fraction of sp³-hybridized carbons (Fsp3) is 0.524. The summed E-state index contributed by atoms with van der Waals surface area (Å²) >= 11 is 0. The van der Waals surface area contributed by atoms with Gasteiger partial charge in [0.1, 0.15) is 5.75 Å². The van der Waals surface area contributed by atoms with Gasteiger partial charge < -0.3 is 9.64 Å². The van der Waals surface area contributed by atoms with E-state index in [2.05, 4.69) is 28.6 Å². The monoisotopic (exact) mass is 424 g/mol. The smallest absolute Gasteiger partial charge is 0.406 e. The van der Waals surface area contributed by atoms with Crippen LogP contribution in [-0.4, -0.2) is 64.1 Å². The molecule has 1 aromatic carbocycles. The second-order valence-corrected chi connectivity index (χ2v) is 7.42. The van der Waals surface area contributed by atoms with Crippen molar-refractivity contribution >= 4 is 5.91 Å². The molecule has 30 heavy (non-hydrogen) atoms. The van der Waals surface area contributed by atoms with Crippen LogP contribution >= 0.6 is 0 Å². The van der Waals surface area contributed by atoms with Gasteiger partial charge >= 0.3 is 6.36 Å². The standard InChI is InChI=1S/C21H27F3N4O2/c1-5-26(6-2)17-10-11-27(13-17)20(29)19-14(3)25-28(15(19)4)16-8-7-9-18(12-16)30-21(22,23)24/h7-9,12,17H,5-6,10-11,13H2,1-4H3. The van der Waals surface area contributed by atoms with E-state index >= 15 is 0 Å². The fourth-order valence-corrected chi connectivity index (χ4v) is 4.14. The molecule has 0 saturated carbocycles. The minimum absolute atomic E-state index is 0.0893. The highest BCUT2D eigenvalue weighted by atomic mass is 19.4. The third kappa shape index (κ3) is 4.61. The van der Waals surface area contributed by atoms with E-state index in [-0.39, 0.29) is 11.7 Å². The van der Waals surface area contributed by atoms with E-state index < -0.39 is 6.36 Å². The fourth-order valence-electron chi connectivity index (χ4n) is 4.14. The van der Waals surface area contributed by atoms with E-state index in [1.165, 1.54) is 22.9 Å². The van der Waals surface area contributed by atoms with Gasteiger partial charge in [0.05, 0.1) is 22.6 Å². The average molecular weight is 424 g/mol. The van der Waals surface area contributed by atoms with E-state index in [4.69, 9.17) is 0 Å². The van der Waals surface area contributed by atoms with Crippen LogP contribution in [0.5, 0.6) is 5.75 Å². The zero-order valence-corrected chi connectivity index (χ0v) is 17.7. The van der Waals surface area contributed by atoms with Gasteiger partial charge in [-0.2, -0.15) is 5.10 Å². The Balaban J connectivity index is 1.85. The number of carbonyl (C=O) groups excluding carboxylic acids is 1. The topological polar surface area (TPSA) is 50.6 Å². The normalized spacial score (nSPS) is 17.1. The SMILES string of the molecule is CCN(CC)C1CCN(C(=O)c2c(C)nn(-c3cccc(OC(F)(F)F)c3)c2C)C1. The number of likely N-dealkylation sites (tertiary alicyclic amines) is 1. The Morgan fingerprint density at radius 1 is 1.27 bits per heavy atom. The molecule has 0 aliphatic carbocycles. The van der Waals surface area contributed by atoms with Gasteiger partial charge in [-0.15, -0.1) is 13.2 Å². The van der Waals surface area contributed by atoms with E-state index in [0.717, 1.165) is 19.5 Å². The third-order valence-corrected chi connectivity index (χ3v) is 5.58. The Morgan fingerprint density at radius 2 is 1.97 bits per heavy atom. The Labute approximate surface area is 174 Å². The summed E-state index contributed by atoms with van der Waals surface area (Å²) in [6.45, 7) is 10.9. The highest BCUT2D eigenvalue weighted by Gasteiger charge is 2.33. The van der Waals surface area contributed by atoms with Crippen molar-refractivity contribution in [1.82, 2.24) is 19.6 Å². The highest BCUT2D eigenvalue weighted by Crippen LogP contribution is 2.27. The molecule has 1 aliphatic rings. The minimum atomic E-state index is -4.77. The maximum Gasteiger partial charge on any atom is 0.573 e. The first-order valence-electron chi connectivity index (χ1n) is 10.1. The lowest BCUT2D eigenvalue weighted by Gasteiger charge is -2.26. The van der Waals surface area contributed by atoms with Gasteiger partial charge in [0, 0.05) is 25.2 Å². The second kappa shape index (κ2) is 8.67. The van der Waals surface area contributed by atoms with E-state index in [9.17, 15) is 18.0 Å². The number of alkyl halides is 3. The molecule has 6 nitrogen and oxygen atoms in total. The first-order valence-corrected chi connectivity index (χ1v) is 10.1. The number of aryl methyl sites for hydroxylation is 1. The van der Waals surface area contributed by atoms with Gasteiger partial charge in [0.15, 0.2) is 0 Å². The summed E-state index contributed by atoms with van der Waals surface area (Å²) in [7, 11) is 0. The Morgan fingerprint density at radius 3 is 2.60 bits per heavy atom. The summed E-state index contributed by atoms with van der Waals surface area (Å²) in [5, 5.41) is 4.42. The van der Waals surface area contributed by atoms with Crippen molar-refractivity contribution in [3.63, 3.8) is 0 Å². The highest BCUT2D eigenvalue weighted by molar-refractivity contribution is 5.96. The van der Waals surface area contributed by atoms with Crippen LogP contribution in [0.3, 0.4) is 0 Å². The van der Waals surface area contributed by atoms with Crippen LogP contribution in [0.4, 0.5) is 13.2 Å². The zero-order chi connectivity index (χ0) is 22.1. The van der Waals surface area contributed by atoms with Crippen LogP contribution in [-0.2, 0) is 0 Å². The van der Waals surface area contributed by atoms with Crippen molar-refractivity contribution in [2.24, 2.45) is 0 Å². The van der Waals surface area contributed by atoms with Gasteiger partial charge in [0.2, 0.25) is 0 Å². The van der Waals surface area contributed by atoms with Crippen LogP contribution < -0.4 is 4.74 Å². The van der Waals surface area contributed by atoms with Crippen LogP contribution in [0.25, 0.3) is 5.69 Å². The summed E-state index contributed by atoms with van der Waals surface area (Å²) in [4.78, 5) is 17.4. The summed E-state index contributed by atoms with van der Waals surface area (Å²) < 4.78 is 43.1. The average Bonchev–Trinajstić information content (AvgIpc) is 3.26. The second-order valence-electron chi connectivity index (χ2n) is 7.42. The Bertz CT molecular complexity index is 906. The number of halogens is 3. The Hall–Kier alpha value is -2.55. The zero-order valence-electron chi connectivity index (χ0n) is 17.7. The lowest BCUT2D eigenvalue weighted by molar-refractivity contribution is -0.274. The molecule has 3 rings (SSSR count). The first kappa shape index (κ1) is 22.1. The number of hydrogen-bond donors (Lipinski definition) is 0. The summed E-state index contributed by atoms with van der Waals surface area (Å²) in [5.74, 6) is -0.421. The number of ether oxygens (including phenoxy) is 1. The van der Waals surface area contributed by atoms with Crippen molar-refractivity contribution in [3.05, 3.63) is 41.2 Å². The molecule has 2 aromatic rings.